The van der Waals surface area contributed by atoms with E-state index in [0.29, 0.717) is 24.4 Å². The van der Waals surface area contributed by atoms with Crippen molar-refractivity contribution in [3.05, 3.63) is 41.9 Å². The summed E-state index contributed by atoms with van der Waals surface area (Å²) in [5.41, 5.74) is 1.13. The molecule has 0 aromatic carbocycles. The molecule has 0 radical (unpaired) electrons. The van der Waals surface area contributed by atoms with Gasteiger partial charge in [0.05, 0.1) is 18.8 Å². The molecule has 0 aliphatic rings. The van der Waals surface area contributed by atoms with Crippen molar-refractivity contribution in [2.24, 2.45) is 5.92 Å². The molecule has 0 aliphatic carbocycles. The van der Waals surface area contributed by atoms with E-state index >= 15 is 0 Å². The van der Waals surface area contributed by atoms with Gasteiger partial charge < -0.3 is 24.8 Å². The first-order valence-corrected chi connectivity index (χ1v) is 8.04. The maximum atomic E-state index is 10.2. The van der Waals surface area contributed by atoms with Gasteiger partial charge in [-0.05, 0) is 37.5 Å². The fourth-order valence-corrected chi connectivity index (χ4v) is 2.57. The zero-order valence-corrected chi connectivity index (χ0v) is 13.7. The van der Waals surface area contributed by atoms with Crippen molar-refractivity contribution in [2.45, 2.75) is 51.4 Å². The zero-order chi connectivity index (χ0) is 17.2. The van der Waals surface area contributed by atoms with Crippen molar-refractivity contribution in [3.8, 4) is 0 Å². The van der Waals surface area contributed by atoms with Crippen LogP contribution in [-0.2, 0) is 6.61 Å². The molecule has 130 valence electrons. The van der Waals surface area contributed by atoms with Crippen LogP contribution in [0.15, 0.2) is 34.8 Å². The highest BCUT2D eigenvalue weighted by Gasteiger charge is 2.23. The predicted octanol–water partition coefficient (Wildman–Crippen LogP) is 2.25. The third-order valence-corrected chi connectivity index (χ3v) is 3.86. The van der Waals surface area contributed by atoms with E-state index in [1.54, 1.807) is 12.1 Å². The number of furan rings is 1. The van der Waals surface area contributed by atoms with E-state index in [1.807, 2.05) is 6.08 Å². The Morgan fingerprint density at radius 3 is 2.48 bits per heavy atom. The number of aliphatic hydroxyl groups is 4. The van der Waals surface area contributed by atoms with Crippen LogP contribution >= 0.6 is 0 Å². The van der Waals surface area contributed by atoms with E-state index in [0.717, 1.165) is 18.4 Å². The van der Waals surface area contributed by atoms with Crippen molar-refractivity contribution >= 4 is 6.08 Å². The SMILES string of the molecule is C=C[C@@H]([C@H](O)CO)[C@H](O)CC/C(=C/c1ccc(CO)o1)CCC. The smallest absolute Gasteiger partial charge is 0.130 e. The van der Waals surface area contributed by atoms with E-state index in [2.05, 4.69) is 13.5 Å². The lowest BCUT2D eigenvalue weighted by Gasteiger charge is -2.23. The van der Waals surface area contributed by atoms with Crippen LogP contribution in [0.25, 0.3) is 6.08 Å². The first-order valence-electron chi connectivity index (χ1n) is 8.04. The first kappa shape index (κ1) is 19.6. The topological polar surface area (TPSA) is 94.1 Å². The molecule has 0 unspecified atom stereocenters. The lowest BCUT2D eigenvalue weighted by atomic mass is 9.91. The predicted molar refractivity (Wildman–Crippen MR) is 89.5 cm³/mol. The number of aliphatic hydroxyl groups excluding tert-OH is 4. The van der Waals surface area contributed by atoms with Gasteiger partial charge in [0.15, 0.2) is 0 Å². The minimum atomic E-state index is -1.00. The van der Waals surface area contributed by atoms with Crippen LogP contribution in [0.5, 0.6) is 0 Å². The second-order valence-corrected chi connectivity index (χ2v) is 5.68. The third-order valence-electron chi connectivity index (χ3n) is 3.86. The Hall–Kier alpha value is -1.40. The fraction of sp³-hybridized carbons (Fsp3) is 0.556. The van der Waals surface area contributed by atoms with Gasteiger partial charge in [0.25, 0.3) is 0 Å². The molecule has 0 fully saturated rings. The Bertz CT molecular complexity index is 491. The van der Waals surface area contributed by atoms with E-state index in [9.17, 15) is 10.2 Å². The molecule has 1 rings (SSSR count). The van der Waals surface area contributed by atoms with Gasteiger partial charge in [-0.1, -0.05) is 25.0 Å². The molecule has 0 aliphatic heterocycles. The second-order valence-electron chi connectivity index (χ2n) is 5.68. The van der Waals surface area contributed by atoms with Crippen LogP contribution in [-0.4, -0.2) is 39.2 Å². The standard InChI is InChI=1S/C18H28O5/c1-3-5-13(10-14-7-8-15(11-19)23-14)6-9-17(21)16(4-2)18(22)12-20/h4,7-8,10,16-22H,2-3,5-6,9,11-12H2,1H3/b13-10+/t16-,17-,18-/m1/s1. The minimum absolute atomic E-state index is 0.129. The maximum Gasteiger partial charge on any atom is 0.130 e. The molecule has 5 nitrogen and oxygen atoms in total. The summed E-state index contributed by atoms with van der Waals surface area (Å²) in [5, 5.41) is 37.9. The summed E-state index contributed by atoms with van der Waals surface area (Å²) < 4.78 is 5.46. The highest BCUT2D eigenvalue weighted by Crippen LogP contribution is 2.23. The Labute approximate surface area is 137 Å². The van der Waals surface area contributed by atoms with Crippen LogP contribution < -0.4 is 0 Å². The number of allylic oxidation sites excluding steroid dienone is 1. The monoisotopic (exact) mass is 324 g/mol. The molecule has 0 spiro atoms. The van der Waals surface area contributed by atoms with Gasteiger partial charge in [0, 0.05) is 5.92 Å². The van der Waals surface area contributed by atoms with Crippen molar-refractivity contribution in [2.75, 3.05) is 6.61 Å². The Morgan fingerprint density at radius 2 is 1.96 bits per heavy atom. The molecular formula is C18H28O5. The molecule has 4 N–H and O–H groups in total. The summed E-state index contributed by atoms with van der Waals surface area (Å²) in [7, 11) is 0. The molecule has 3 atom stereocenters. The van der Waals surface area contributed by atoms with Crippen LogP contribution in [0.4, 0.5) is 0 Å². The van der Waals surface area contributed by atoms with Gasteiger partial charge in [-0.25, -0.2) is 0 Å². The summed E-state index contributed by atoms with van der Waals surface area (Å²) in [6, 6.07) is 3.54. The fourth-order valence-electron chi connectivity index (χ4n) is 2.57. The molecule has 1 aromatic heterocycles. The molecular weight excluding hydrogens is 296 g/mol. The zero-order valence-electron chi connectivity index (χ0n) is 13.7. The average molecular weight is 324 g/mol. The van der Waals surface area contributed by atoms with Gasteiger partial charge >= 0.3 is 0 Å². The number of rotatable bonds is 11. The van der Waals surface area contributed by atoms with Gasteiger partial charge in [0.1, 0.15) is 18.1 Å². The third kappa shape index (κ3) is 6.31. The molecule has 5 heteroatoms. The van der Waals surface area contributed by atoms with E-state index in [4.69, 9.17) is 14.6 Å². The molecule has 0 amide bonds. The summed E-state index contributed by atoms with van der Waals surface area (Å²) in [4.78, 5) is 0. The molecule has 0 bridgehead atoms. The van der Waals surface area contributed by atoms with Crippen LogP contribution in [0, 0.1) is 5.92 Å². The molecule has 0 saturated heterocycles. The average Bonchev–Trinajstić information content (AvgIpc) is 3.00. The van der Waals surface area contributed by atoms with Crippen molar-refractivity contribution < 1.29 is 24.8 Å². The van der Waals surface area contributed by atoms with Crippen molar-refractivity contribution in [1.82, 2.24) is 0 Å². The molecule has 0 saturated carbocycles. The highest BCUT2D eigenvalue weighted by molar-refractivity contribution is 5.47. The Kier molecular flexibility index (Phi) is 8.87. The van der Waals surface area contributed by atoms with E-state index < -0.39 is 24.7 Å². The molecule has 1 aromatic rings. The van der Waals surface area contributed by atoms with Gasteiger partial charge in [0.2, 0.25) is 0 Å². The van der Waals surface area contributed by atoms with Crippen LogP contribution in [0.1, 0.15) is 44.1 Å². The number of hydrogen-bond donors (Lipinski definition) is 4. The number of hydrogen-bond acceptors (Lipinski definition) is 5. The van der Waals surface area contributed by atoms with Crippen LogP contribution in [0.2, 0.25) is 0 Å². The molecule has 1 heterocycles. The van der Waals surface area contributed by atoms with E-state index in [1.165, 1.54) is 6.08 Å². The summed E-state index contributed by atoms with van der Waals surface area (Å²) in [5.74, 6) is 0.653. The largest absolute Gasteiger partial charge is 0.459 e. The Morgan fingerprint density at radius 1 is 1.22 bits per heavy atom. The normalized spacial score (nSPS) is 16.1. The maximum absolute atomic E-state index is 10.2. The lowest BCUT2D eigenvalue weighted by molar-refractivity contribution is 0.00209. The Balaban J connectivity index is 2.70. The second kappa shape index (κ2) is 10.4. The first-order chi connectivity index (χ1) is 11.0. The minimum Gasteiger partial charge on any atom is -0.459 e. The highest BCUT2D eigenvalue weighted by atomic mass is 16.4. The quantitative estimate of drug-likeness (QED) is 0.468. The van der Waals surface area contributed by atoms with Crippen molar-refractivity contribution in [1.29, 1.82) is 0 Å². The summed E-state index contributed by atoms with van der Waals surface area (Å²) in [6.07, 6.45) is 4.62. The van der Waals surface area contributed by atoms with Crippen molar-refractivity contribution in [3.63, 3.8) is 0 Å². The van der Waals surface area contributed by atoms with Crippen LogP contribution in [0.3, 0.4) is 0 Å². The molecule has 23 heavy (non-hydrogen) atoms. The van der Waals surface area contributed by atoms with E-state index in [-0.39, 0.29) is 6.61 Å². The lowest BCUT2D eigenvalue weighted by Crippen LogP contribution is -2.32. The summed E-state index contributed by atoms with van der Waals surface area (Å²) in [6.45, 7) is 5.16. The van der Waals surface area contributed by atoms with Gasteiger partial charge in [-0.2, -0.15) is 0 Å². The summed E-state index contributed by atoms with van der Waals surface area (Å²) >= 11 is 0. The van der Waals surface area contributed by atoms with Gasteiger partial charge in [-0.3, -0.25) is 0 Å². The van der Waals surface area contributed by atoms with Gasteiger partial charge in [-0.15, -0.1) is 6.58 Å².